The molecule has 0 aliphatic rings. The van der Waals surface area contributed by atoms with Crippen LogP contribution >= 0.6 is 11.3 Å². The van der Waals surface area contributed by atoms with Crippen LogP contribution in [0.4, 0.5) is 0 Å². The van der Waals surface area contributed by atoms with Gasteiger partial charge in [-0.2, -0.15) is 5.10 Å². The number of fused-ring (bicyclic) bond motifs is 2. The number of thiophene rings is 1. The number of hydrazone groups is 1. The molecule has 1 amide bonds. The molecule has 4 rings (SSSR count). The third kappa shape index (κ3) is 3.74. The number of carbonyl (C=O) groups excluding carboxylic acids is 1. The third-order valence-corrected chi connectivity index (χ3v) is 5.75. The van der Waals surface area contributed by atoms with Crippen LogP contribution in [-0.2, 0) is 17.8 Å². The molecule has 2 aromatic carbocycles. The summed E-state index contributed by atoms with van der Waals surface area (Å²) in [4.78, 5) is 30.8. The van der Waals surface area contributed by atoms with Crippen molar-refractivity contribution in [2.24, 2.45) is 5.10 Å². The van der Waals surface area contributed by atoms with E-state index < -0.39 is 5.91 Å². The Morgan fingerprint density at radius 2 is 2.10 bits per heavy atom. The van der Waals surface area contributed by atoms with Crippen LogP contribution in [0.1, 0.15) is 17.4 Å². The second-order valence-corrected chi connectivity index (χ2v) is 7.59. The summed E-state index contributed by atoms with van der Waals surface area (Å²) in [6.07, 6.45) is 3.60. The van der Waals surface area contributed by atoms with Crippen molar-refractivity contribution in [2.75, 3.05) is 0 Å². The van der Waals surface area contributed by atoms with Crippen LogP contribution in [0, 0.1) is 0 Å². The molecular formula is C21H18N4O3S. The Balaban J connectivity index is 1.51. The van der Waals surface area contributed by atoms with E-state index in [1.807, 2.05) is 43.3 Å². The van der Waals surface area contributed by atoms with Gasteiger partial charge < -0.3 is 5.11 Å². The largest absolute Gasteiger partial charge is 0.507 e. The quantitative estimate of drug-likeness (QED) is 0.393. The number of phenols is 1. The van der Waals surface area contributed by atoms with Crippen LogP contribution < -0.4 is 11.0 Å². The molecule has 0 aliphatic carbocycles. The third-order valence-electron chi connectivity index (χ3n) is 4.56. The Morgan fingerprint density at radius 1 is 1.28 bits per heavy atom. The summed E-state index contributed by atoms with van der Waals surface area (Å²) in [5, 5.41) is 16.3. The summed E-state index contributed by atoms with van der Waals surface area (Å²) < 4.78 is 1.26. The zero-order chi connectivity index (χ0) is 20.4. The summed E-state index contributed by atoms with van der Waals surface area (Å²) >= 11 is 1.48. The highest BCUT2D eigenvalue weighted by atomic mass is 32.1. The molecule has 0 atom stereocenters. The number of amides is 1. The van der Waals surface area contributed by atoms with E-state index >= 15 is 0 Å². The molecule has 0 unspecified atom stereocenters. The van der Waals surface area contributed by atoms with E-state index in [2.05, 4.69) is 15.5 Å². The fourth-order valence-electron chi connectivity index (χ4n) is 3.08. The monoisotopic (exact) mass is 406 g/mol. The van der Waals surface area contributed by atoms with Crippen molar-refractivity contribution >= 4 is 44.4 Å². The molecule has 0 saturated carbocycles. The first-order valence-electron chi connectivity index (χ1n) is 9.07. The molecule has 2 heterocycles. The Kier molecular flexibility index (Phi) is 5.09. The molecule has 0 saturated heterocycles. The predicted octanol–water partition coefficient (Wildman–Crippen LogP) is 3.03. The molecule has 0 bridgehead atoms. The van der Waals surface area contributed by atoms with Gasteiger partial charge in [-0.25, -0.2) is 10.4 Å². The fraction of sp³-hybridized carbons (Fsp3) is 0.143. The predicted molar refractivity (Wildman–Crippen MR) is 115 cm³/mol. The molecule has 0 radical (unpaired) electrons. The summed E-state index contributed by atoms with van der Waals surface area (Å²) in [6.45, 7) is 1.82. The van der Waals surface area contributed by atoms with Gasteiger partial charge in [0.25, 0.3) is 11.5 Å². The SMILES string of the molecule is CCc1cc2c(=O)n(CC(=O)N/N=C/c3c(O)ccc4ccccc34)cnc2s1. The molecule has 0 spiro atoms. The number of benzene rings is 2. The van der Waals surface area contributed by atoms with E-state index in [-0.39, 0.29) is 17.9 Å². The van der Waals surface area contributed by atoms with Gasteiger partial charge in [0, 0.05) is 10.4 Å². The lowest BCUT2D eigenvalue weighted by Crippen LogP contribution is -2.29. The van der Waals surface area contributed by atoms with Crippen LogP contribution in [-0.4, -0.2) is 26.8 Å². The molecule has 4 aromatic rings. The van der Waals surface area contributed by atoms with Crippen molar-refractivity contribution in [3.63, 3.8) is 0 Å². The fourth-order valence-corrected chi connectivity index (χ4v) is 4.00. The first kappa shape index (κ1) is 18.8. The molecule has 2 aromatic heterocycles. The molecule has 0 aliphatic heterocycles. The number of phenolic OH excluding ortho intramolecular Hbond substituents is 1. The Hall–Kier alpha value is -3.52. The van der Waals surface area contributed by atoms with E-state index in [9.17, 15) is 14.7 Å². The first-order chi connectivity index (χ1) is 14.1. The van der Waals surface area contributed by atoms with Crippen molar-refractivity contribution in [1.82, 2.24) is 15.0 Å². The number of hydrogen-bond acceptors (Lipinski definition) is 6. The summed E-state index contributed by atoms with van der Waals surface area (Å²) in [5.41, 5.74) is 2.65. The van der Waals surface area contributed by atoms with Crippen molar-refractivity contribution in [1.29, 1.82) is 0 Å². The Morgan fingerprint density at radius 3 is 2.93 bits per heavy atom. The van der Waals surface area contributed by atoms with Crippen molar-refractivity contribution < 1.29 is 9.90 Å². The second kappa shape index (κ2) is 7.84. The second-order valence-electron chi connectivity index (χ2n) is 6.48. The highest BCUT2D eigenvalue weighted by Gasteiger charge is 2.11. The number of aromatic nitrogens is 2. The standard InChI is InChI=1S/C21H18N4O3S/c1-2-14-9-16-20(29-14)22-12-25(21(16)28)11-19(27)24-23-10-17-15-6-4-3-5-13(15)7-8-18(17)26/h3-10,12,26H,2,11H2,1H3,(H,24,27)/b23-10+. The van der Waals surface area contributed by atoms with Crippen LogP contribution in [0.2, 0.25) is 0 Å². The van der Waals surface area contributed by atoms with Gasteiger partial charge in [0.1, 0.15) is 17.1 Å². The summed E-state index contributed by atoms with van der Waals surface area (Å²) in [5.74, 6) is -0.396. The highest BCUT2D eigenvalue weighted by molar-refractivity contribution is 7.18. The van der Waals surface area contributed by atoms with Gasteiger partial charge in [-0.05, 0) is 29.3 Å². The molecule has 29 heavy (non-hydrogen) atoms. The minimum Gasteiger partial charge on any atom is -0.507 e. The van der Waals surface area contributed by atoms with Crippen LogP contribution in [0.25, 0.3) is 21.0 Å². The van der Waals surface area contributed by atoms with Gasteiger partial charge in [0.15, 0.2) is 0 Å². The van der Waals surface area contributed by atoms with Crippen LogP contribution in [0.5, 0.6) is 5.75 Å². The Bertz CT molecular complexity index is 1310. The summed E-state index contributed by atoms with van der Waals surface area (Å²) in [7, 11) is 0. The van der Waals surface area contributed by atoms with E-state index in [0.29, 0.717) is 15.8 Å². The van der Waals surface area contributed by atoms with E-state index in [1.54, 1.807) is 6.07 Å². The topological polar surface area (TPSA) is 96.6 Å². The number of nitrogens with one attached hydrogen (secondary N) is 1. The van der Waals surface area contributed by atoms with Gasteiger partial charge in [0.2, 0.25) is 0 Å². The zero-order valence-corrected chi connectivity index (χ0v) is 16.4. The maximum absolute atomic E-state index is 12.6. The molecular weight excluding hydrogens is 388 g/mol. The smallest absolute Gasteiger partial charge is 0.262 e. The molecule has 2 N–H and O–H groups in total. The van der Waals surface area contributed by atoms with Crippen molar-refractivity contribution in [3.8, 4) is 5.75 Å². The number of nitrogens with zero attached hydrogens (tertiary/aromatic N) is 3. The molecule has 0 fully saturated rings. The van der Waals surface area contributed by atoms with Gasteiger partial charge in [-0.1, -0.05) is 37.3 Å². The summed E-state index contributed by atoms with van der Waals surface area (Å²) in [6, 6.07) is 12.8. The Labute approximate surface area is 169 Å². The normalized spacial score (nSPS) is 11.5. The average Bonchev–Trinajstić information content (AvgIpc) is 3.16. The number of carbonyl (C=O) groups is 1. The van der Waals surface area contributed by atoms with Crippen molar-refractivity contribution in [3.05, 3.63) is 69.6 Å². The number of rotatable bonds is 5. The lowest BCUT2D eigenvalue weighted by atomic mass is 10.0. The average molecular weight is 406 g/mol. The number of hydrogen-bond donors (Lipinski definition) is 2. The minimum atomic E-state index is -0.463. The van der Waals surface area contributed by atoms with E-state index in [0.717, 1.165) is 22.1 Å². The number of aromatic hydroxyl groups is 1. The van der Waals surface area contributed by atoms with Crippen LogP contribution in [0.3, 0.4) is 0 Å². The maximum Gasteiger partial charge on any atom is 0.262 e. The molecule has 7 nitrogen and oxygen atoms in total. The van der Waals surface area contributed by atoms with Gasteiger partial charge >= 0.3 is 0 Å². The van der Waals surface area contributed by atoms with Crippen molar-refractivity contribution in [2.45, 2.75) is 19.9 Å². The first-order valence-corrected chi connectivity index (χ1v) is 9.89. The van der Waals surface area contributed by atoms with Gasteiger partial charge in [-0.3, -0.25) is 14.2 Å². The maximum atomic E-state index is 12.6. The van der Waals surface area contributed by atoms with Crippen LogP contribution in [0.15, 0.2) is 58.7 Å². The molecule has 146 valence electrons. The lowest BCUT2D eigenvalue weighted by molar-refractivity contribution is -0.121. The van der Waals surface area contributed by atoms with Gasteiger partial charge in [0.05, 0.1) is 17.9 Å². The zero-order valence-electron chi connectivity index (χ0n) is 15.6. The number of aryl methyl sites for hydroxylation is 1. The molecule has 8 heteroatoms. The van der Waals surface area contributed by atoms with E-state index in [1.165, 1.54) is 28.4 Å². The minimum absolute atomic E-state index is 0.0664. The highest BCUT2D eigenvalue weighted by Crippen LogP contribution is 2.25. The lowest BCUT2D eigenvalue weighted by Gasteiger charge is -2.05. The van der Waals surface area contributed by atoms with Gasteiger partial charge in [-0.15, -0.1) is 11.3 Å². The van der Waals surface area contributed by atoms with E-state index in [4.69, 9.17) is 0 Å².